The molecule has 0 amide bonds. The highest BCUT2D eigenvalue weighted by molar-refractivity contribution is 4.79. The number of hydrogen-bond acceptors (Lipinski definition) is 2. The zero-order valence-electron chi connectivity index (χ0n) is 9.83. The molecule has 0 saturated heterocycles. The second-order valence-corrected chi connectivity index (χ2v) is 5.06. The first kappa shape index (κ1) is 12.0. The molecule has 3 atom stereocenters. The van der Waals surface area contributed by atoms with E-state index in [0.717, 1.165) is 19.1 Å². The van der Waals surface area contributed by atoms with E-state index < -0.39 is 0 Å². The average Bonchev–Trinajstić information content (AvgIpc) is 2.15. The summed E-state index contributed by atoms with van der Waals surface area (Å²) in [5.74, 6) is 2.26. The Kier molecular flexibility index (Phi) is 4.90. The van der Waals surface area contributed by atoms with E-state index in [0.29, 0.717) is 17.9 Å². The van der Waals surface area contributed by atoms with E-state index in [-0.39, 0.29) is 0 Å². The summed E-state index contributed by atoms with van der Waals surface area (Å²) in [6.07, 6.45) is 4.30. The SMILES string of the molecule is CC1CCC(CN)C(COC(C)C)C1. The number of ether oxygens (including phenoxy) is 1. The Morgan fingerprint density at radius 3 is 2.57 bits per heavy atom. The lowest BCUT2D eigenvalue weighted by Gasteiger charge is -2.34. The molecule has 2 N–H and O–H groups in total. The molecule has 0 bridgehead atoms. The van der Waals surface area contributed by atoms with Gasteiger partial charge in [-0.05, 0) is 51.0 Å². The van der Waals surface area contributed by atoms with Gasteiger partial charge in [0.05, 0.1) is 12.7 Å². The summed E-state index contributed by atoms with van der Waals surface area (Å²) in [7, 11) is 0. The molecular formula is C12H25NO. The average molecular weight is 199 g/mol. The molecule has 1 saturated carbocycles. The molecule has 1 aliphatic carbocycles. The molecule has 14 heavy (non-hydrogen) atoms. The molecule has 1 fully saturated rings. The summed E-state index contributed by atoms with van der Waals surface area (Å²) >= 11 is 0. The first-order chi connectivity index (χ1) is 6.63. The van der Waals surface area contributed by atoms with Crippen molar-refractivity contribution in [2.75, 3.05) is 13.2 Å². The van der Waals surface area contributed by atoms with Crippen LogP contribution in [0.15, 0.2) is 0 Å². The zero-order chi connectivity index (χ0) is 10.6. The predicted molar refractivity (Wildman–Crippen MR) is 60.1 cm³/mol. The van der Waals surface area contributed by atoms with Crippen molar-refractivity contribution in [1.29, 1.82) is 0 Å². The Morgan fingerprint density at radius 1 is 1.29 bits per heavy atom. The van der Waals surface area contributed by atoms with Crippen molar-refractivity contribution in [3.8, 4) is 0 Å². The van der Waals surface area contributed by atoms with Gasteiger partial charge in [0.25, 0.3) is 0 Å². The maximum atomic E-state index is 5.79. The third kappa shape index (κ3) is 3.58. The van der Waals surface area contributed by atoms with Crippen LogP contribution in [0.3, 0.4) is 0 Å². The van der Waals surface area contributed by atoms with E-state index in [9.17, 15) is 0 Å². The quantitative estimate of drug-likeness (QED) is 0.754. The van der Waals surface area contributed by atoms with Gasteiger partial charge in [0.15, 0.2) is 0 Å². The Morgan fingerprint density at radius 2 is 2.00 bits per heavy atom. The summed E-state index contributed by atoms with van der Waals surface area (Å²) in [5.41, 5.74) is 5.79. The fourth-order valence-corrected chi connectivity index (χ4v) is 2.39. The topological polar surface area (TPSA) is 35.2 Å². The van der Waals surface area contributed by atoms with Crippen molar-refractivity contribution in [3.05, 3.63) is 0 Å². The predicted octanol–water partition coefficient (Wildman–Crippen LogP) is 2.42. The number of nitrogens with two attached hydrogens (primary N) is 1. The largest absolute Gasteiger partial charge is 0.378 e. The number of rotatable bonds is 4. The molecule has 3 unspecified atom stereocenters. The van der Waals surface area contributed by atoms with E-state index in [2.05, 4.69) is 20.8 Å². The van der Waals surface area contributed by atoms with Crippen LogP contribution < -0.4 is 5.73 Å². The second kappa shape index (κ2) is 5.72. The Bertz CT molecular complexity index is 158. The maximum Gasteiger partial charge on any atom is 0.0519 e. The van der Waals surface area contributed by atoms with Gasteiger partial charge in [-0.25, -0.2) is 0 Å². The summed E-state index contributed by atoms with van der Waals surface area (Å²) < 4.78 is 5.71. The molecule has 0 aromatic heterocycles. The van der Waals surface area contributed by atoms with Crippen molar-refractivity contribution in [1.82, 2.24) is 0 Å². The summed E-state index contributed by atoms with van der Waals surface area (Å²) in [5, 5.41) is 0. The van der Waals surface area contributed by atoms with Gasteiger partial charge in [0.2, 0.25) is 0 Å². The van der Waals surface area contributed by atoms with Crippen LogP contribution in [0.2, 0.25) is 0 Å². The Labute approximate surface area is 88.2 Å². The zero-order valence-corrected chi connectivity index (χ0v) is 9.83. The van der Waals surface area contributed by atoms with Crippen molar-refractivity contribution in [3.63, 3.8) is 0 Å². The lowest BCUT2D eigenvalue weighted by Crippen LogP contribution is -2.33. The number of hydrogen-bond donors (Lipinski definition) is 1. The fraction of sp³-hybridized carbons (Fsp3) is 1.00. The lowest BCUT2D eigenvalue weighted by atomic mass is 9.75. The second-order valence-electron chi connectivity index (χ2n) is 5.06. The molecule has 84 valence electrons. The minimum atomic E-state index is 0.352. The van der Waals surface area contributed by atoms with E-state index in [1.807, 2.05) is 0 Å². The van der Waals surface area contributed by atoms with Crippen molar-refractivity contribution >= 4 is 0 Å². The van der Waals surface area contributed by atoms with Crippen molar-refractivity contribution in [2.45, 2.75) is 46.1 Å². The third-order valence-corrected chi connectivity index (χ3v) is 3.35. The van der Waals surface area contributed by atoms with Crippen LogP contribution in [-0.4, -0.2) is 19.3 Å². The van der Waals surface area contributed by atoms with Gasteiger partial charge in [0.1, 0.15) is 0 Å². The van der Waals surface area contributed by atoms with Crippen LogP contribution in [0.4, 0.5) is 0 Å². The van der Waals surface area contributed by atoms with E-state index >= 15 is 0 Å². The van der Waals surface area contributed by atoms with Crippen LogP contribution in [0.5, 0.6) is 0 Å². The molecule has 0 heterocycles. The minimum Gasteiger partial charge on any atom is -0.378 e. The first-order valence-electron chi connectivity index (χ1n) is 5.95. The molecule has 2 nitrogen and oxygen atoms in total. The highest BCUT2D eigenvalue weighted by Gasteiger charge is 2.27. The van der Waals surface area contributed by atoms with E-state index in [4.69, 9.17) is 10.5 Å². The van der Waals surface area contributed by atoms with Gasteiger partial charge in [-0.1, -0.05) is 13.3 Å². The van der Waals surface area contributed by atoms with Crippen LogP contribution >= 0.6 is 0 Å². The molecule has 2 heteroatoms. The highest BCUT2D eigenvalue weighted by Crippen LogP contribution is 2.33. The Balaban J connectivity index is 2.36. The smallest absolute Gasteiger partial charge is 0.0519 e. The molecule has 0 aromatic rings. The Hall–Kier alpha value is -0.0800. The fourth-order valence-electron chi connectivity index (χ4n) is 2.39. The summed E-state index contributed by atoms with van der Waals surface area (Å²) in [4.78, 5) is 0. The van der Waals surface area contributed by atoms with Crippen LogP contribution in [0.1, 0.15) is 40.0 Å². The molecule has 1 aliphatic rings. The lowest BCUT2D eigenvalue weighted by molar-refractivity contribution is 0.0158. The van der Waals surface area contributed by atoms with Gasteiger partial charge in [0, 0.05) is 0 Å². The van der Waals surface area contributed by atoms with Gasteiger partial charge in [-0.3, -0.25) is 0 Å². The van der Waals surface area contributed by atoms with Crippen molar-refractivity contribution in [2.24, 2.45) is 23.5 Å². The molecule has 0 aromatic carbocycles. The standard InChI is InChI=1S/C12H25NO/c1-9(2)14-8-12-6-10(3)4-5-11(12)7-13/h9-12H,4-8,13H2,1-3H3. The van der Waals surface area contributed by atoms with Crippen LogP contribution in [0.25, 0.3) is 0 Å². The molecule has 0 aliphatic heterocycles. The van der Waals surface area contributed by atoms with Crippen molar-refractivity contribution < 1.29 is 4.74 Å². The minimum absolute atomic E-state index is 0.352. The van der Waals surface area contributed by atoms with Crippen LogP contribution in [0, 0.1) is 17.8 Å². The summed E-state index contributed by atoms with van der Waals surface area (Å²) in [6, 6.07) is 0. The highest BCUT2D eigenvalue weighted by atomic mass is 16.5. The monoisotopic (exact) mass is 199 g/mol. The van der Waals surface area contributed by atoms with E-state index in [1.165, 1.54) is 19.3 Å². The molecule has 1 rings (SSSR count). The molecule has 0 radical (unpaired) electrons. The summed E-state index contributed by atoms with van der Waals surface area (Å²) in [6.45, 7) is 8.28. The van der Waals surface area contributed by atoms with Gasteiger partial charge in [-0.2, -0.15) is 0 Å². The van der Waals surface area contributed by atoms with Gasteiger partial charge < -0.3 is 10.5 Å². The van der Waals surface area contributed by atoms with Gasteiger partial charge in [-0.15, -0.1) is 0 Å². The third-order valence-electron chi connectivity index (χ3n) is 3.35. The normalized spacial score (nSPS) is 33.6. The van der Waals surface area contributed by atoms with Crippen LogP contribution in [-0.2, 0) is 4.74 Å². The molecular weight excluding hydrogens is 174 g/mol. The first-order valence-corrected chi connectivity index (χ1v) is 5.95. The van der Waals surface area contributed by atoms with E-state index in [1.54, 1.807) is 0 Å². The molecule has 0 spiro atoms. The maximum absolute atomic E-state index is 5.79. The van der Waals surface area contributed by atoms with Gasteiger partial charge >= 0.3 is 0 Å².